The van der Waals surface area contributed by atoms with Crippen molar-refractivity contribution in [2.75, 3.05) is 46.9 Å². The maximum atomic E-state index is 13.0. The van der Waals surface area contributed by atoms with Gasteiger partial charge in [0.2, 0.25) is 5.91 Å². The van der Waals surface area contributed by atoms with Gasteiger partial charge in [-0.2, -0.15) is 0 Å². The van der Waals surface area contributed by atoms with Crippen LogP contribution >= 0.6 is 24.8 Å². The van der Waals surface area contributed by atoms with Crippen LogP contribution in [0.25, 0.3) is 0 Å². The van der Waals surface area contributed by atoms with Crippen molar-refractivity contribution in [2.24, 2.45) is 5.41 Å². The van der Waals surface area contributed by atoms with E-state index in [-0.39, 0.29) is 36.8 Å². The second kappa shape index (κ2) is 11.4. The fourth-order valence-electron chi connectivity index (χ4n) is 4.58. The van der Waals surface area contributed by atoms with E-state index in [1.165, 1.54) is 18.4 Å². The van der Waals surface area contributed by atoms with E-state index in [1.54, 1.807) is 0 Å². The molecule has 2 saturated heterocycles. The second-order valence-electron chi connectivity index (χ2n) is 8.62. The number of nitrogens with zero attached hydrogens (tertiary/aromatic N) is 2. The highest BCUT2D eigenvalue weighted by Gasteiger charge is 2.46. The number of carbonyl (C=O) groups is 1. The first kappa shape index (κ1) is 26.0. The molecular weight excluding hydrogens is 409 g/mol. The Kier molecular flexibility index (Phi) is 10.2. The van der Waals surface area contributed by atoms with Crippen molar-refractivity contribution >= 4 is 30.7 Å². The number of amides is 1. The summed E-state index contributed by atoms with van der Waals surface area (Å²) in [6.07, 6.45) is 4.23. The summed E-state index contributed by atoms with van der Waals surface area (Å²) in [7, 11) is 4.04. The summed E-state index contributed by atoms with van der Waals surface area (Å²) in [5.41, 5.74) is 2.70. The lowest BCUT2D eigenvalue weighted by molar-refractivity contribution is -0.134. The van der Waals surface area contributed by atoms with Crippen LogP contribution in [0.4, 0.5) is 0 Å². The minimum Gasteiger partial charge on any atom is -0.493 e. The molecule has 1 spiro atoms. The maximum Gasteiger partial charge on any atom is 0.239 e. The van der Waals surface area contributed by atoms with Gasteiger partial charge in [0, 0.05) is 20.1 Å². The zero-order chi connectivity index (χ0) is 19.4. The minimum absolute atomic E-state index is 0. The molecule has 0 bridgehead atoms. The van der Waals surface area contributed by atoms with Crippen molar-refractivity contribution in [3.8, 4) is 5.75 Å². The third-order valence-corrected chi connectivity index (χ3v) is 6.31. The van der Waals surface area contributed by atoms with Crippen LogP contribution in [0.2, 0.25) is 0 Å². The zero-order valence-electron chi connectivity index (χ0n) is 18.2. The molecule has 1 N–H and O–H groups in total. The van der Waals surface area contributed by atoms with E-state index in [0.29, 0.717) is 12.0 Å². The number of aryl methyl sites for hydroxylation is 2. The van der Waals surface area contributed by atoms with Gasteiger partial charge >= 0.3 is 0 Å². The van der Waals surface area contributed by atoms with Gasteiger partial charge < -0.3 is 15.0 Å². The molecule has 0 aromatic heterocycles. The predicted octanol–water partition coefficient (Wildman–Crippen LogP) is 3.45. The van der Waals surface area contributed by atoms with E-state index < -0.39 is 0 Å². The van der Waals surface area contributed by atoms with Crippen molar-refractivity contribution in [1.82, 2.24) is 15.1 Å². The summed E-state index contributed by atoms with van der Waals surface area (Å²) in [6, 6.07) is 6.30. The fourth-order valence-corrected chi connectivity index (χ4v) is 4.58. The quantitative estimate of drug-likeness (QED) is 0.680. The van der Waals surface area contributed by atoms with Gasteiger partial charge in [0.05, 0.1) is 12.6 Å². The SMILES string of the molecule is Cc1ccc(C)c(OCCCN(C)C(=O)C2CC3(CCNCC3)CN2C)c1.Cl.Cl. The number of ether oxygens (including phenoxy) is 1. The van der Waals surface area contributed by atoms with Crippen LogP contribution in [0, 0.1) is 19.3 Å². The van der Waals surface area contributed by atoms with Crippen LogP contribution in [-0.2, 0) is 4.79 Å². The van der Waals surface area contributed by atoms with Crippen LogP contribution in [0.15, 0.2) is 18.2 Å². The lowest BCUT2D eigenvalue weighted by atomic mass is 9.77. The number of likely N-dealkylation sites (N-methyl/N-ethyl adjacent to an activating group) is 2. The molecule has 1 aromatic rings. The molecule has 7 heteroatoms. The standard InChI is InChI=1S/C22H35N3O2.2ClH/c1-17-6-7-18(2)20(14-17)27-13-5-12-24(3)21(26)19-15-22(16-25(19)4)8-10-23-11-9-22;;/h6-7,14,19,23H,5,8-13,15-16H2,1-4H3;2*1H. The zero-order valence-corrected chi connectivity index (χ0v) is 19.8. The molecule has 166 valence electrons. The van der Waals surface area contributed by atoms with E-state index in [4.69, 9.17) is 4.74 Å². The average molecular weight is 446 g/mol. The Morgan fingerprint density at radius 3 is 2.66 bits per heavy atom. The van der Waals surface area contributed by atoms with Crippen molar-refractivity contribution in [3.05, 3.63) is 29.3 Å². The first-order chi connectivity index (χ1) is 12.9. The molecule has 0 radical (unpaired) electrons. The van der Waals surface area contributed by atoms with Crippen LogP contribution < -0.4 is 10.1 Å². The Bertz CT molecular complexity index is 665. The topological polar surface area (TPSA) is 44.8 Å². The van der Waals surface area contributed by atoms with Gasteiger partial charge in [-0.15, -0.1) is 24.8 Å². The van der Waals surface area contributed by atoms with Crippen LogP contribution in [0.1, 0.15) is 36.8 Å². The van der Waals surface area contributed by atoms with E-state index in [2.05, 4.69) is 49.3 Å². The minimum atomic E-state index is 0. The van der Waals surface area contributed by atoms with Gasteiger partial charge in [0.25, 0.3) is 0 Å². The van der Waals surface area contributed by atoms with Gasteiger partial charge in [-0.3, -0.25) is 9.69 Å². The Labute approximate surface area is 188 Å². The molecule has 0 saturated carbocycles. The Balaban J connectivity index is 0.00000210. The highest BCUT2D eigenvalue weighted by atomic mass is 35.5. The fraction of sp³-hybridized carbons (Fsp3) is 0.682. The smallest absolute Gasteiger partial charge is 0.239 e. The number of hydrogen-bond donors (Lipinski definition) is 1. The summed E-state index contributed by atoms with van der Waals surface area (Å²) in [6.45, 7) is 8.73. The number of piperidine rings is 1. The average Bonchev–Trinajstić information content (AvgIpc) is 2.96. The number of nitrogens with one attached hydrogen (secondary N) is 1. The summed E-state index contributed by atoms with van der Waals surface area (Å²) in [5.74, 6) is 1.21. The normalized spacial score (nSPS) is 20.6. The second-order valence-corrected chi connectivity index (χ2v) is 8.62. The lowest BCUT2D eigenvalue weighted by Gasteiger charge is -2.33. The molecular formula is C22H37Cl2N3O2. The molecule has 29 heavy (non-hydrogen) atoms. The van der Waals surface area contributed by atoms with Gasteiger partial charge in [0.15, 0.2) is 0 Å². The summed E-state index contributed by atoms with van der Waals surface area (Å²) in [4.78, 5) is 17.1. The van der Waals surface area contributed by atoms with Gasteiger partial charge in [0.1, 0.15) is 5.75 Å². The monoisotopic (exact) mass is 445 g/mol. The van der Waals surface area contributed by atoms with E-state index in [0.717, 1.165) is 50.3 Å². The molecule has 2 heterocycles. The number of halogens is 2. The number of rotatable bonds is 6. The molecule has 1 unspecified atom stereocenters. The van der Waals surface area contributed by atoms with E-state index in [1.807, 2.05) is 11.9 Å². The summed E-state index contributed by atoms with van der Waals surface area (Å²) >= 11 is 0. The Hall–Kier alpha value is -1.01. The van der Waals surface area contributed by atoms with Crippen molar-refractivity contribution in [3.63, 3.8) is 0 Å². The highest BCUT2D eigenvalue weighted by molar-refractivity contribution is 5.85. The third-order valence-electron chi connectivity index (χ3n) is 6.31. The molecule has 2 fully saturated rings. The first-order valence-electron chi connectivity index (χ1n) is 10.3. The molecule has 1 aromatic carbocycles. The van der Waals surface area contributed by atoms with Gasteiger partial charge in [-0.05, 0) is 82.3 Å². The maximum absolute atomic E-state index is 13.0. The number of benzene rings is 1. The molecule has 2 aliphatic rings. The Morgan fingerprint density at radius 2 is 1.97 bits per heavy atom. The summed E-state index contributed by atoms with van der Waals surface area (Å²) in [5, 5.41) is 3.44. The Morgan fingerprint density at radius 1 is 1.28 bits per heavy atom. The van der Waals surface area contributed by atoms with Crippen molar-refractivity contribution < 1.29 is 9.53 Å². The van der Waals surface area contributed by atoms with Gasteiger partial charge in [-0.25, -0.2) is 0 Å². The number of likely N-dealkylation sites (tertiary alicyclic amines) is 1. The summed E-state index contributed by atoms with van der Waals surface area (Å²) < 4.78 is 5.93. The number of hydrogen-bond acceptors (Lipinski definition) is 4. The van der Waals surface area contributed by atoms with E-state index in [9.17, 15) is 4.79 Å². The molecule has 0 aliphatic carbocycles. The molecule has 1 atom stereocenters. The first-order valence-corrected chi connectivity index (χ1v) is 10.3. The largest absolute Gasteiger partial charge is 0.493 e. The highest BCUT2D eigenvalue weighted by Crippen LogP contribution is 2.41. The molecule has 1 amide bonds. The predicted molar refractivity (Wildman–Crippen MR) is 124 cm³/mol. The van der Waals surface area contributed by atoms with Crippen LogP contribution in [-0.4, -0.2) is 68.6 Å². The van der Waals surface area contributed by atoms with E-state index >= 15 is 0 Å². The van der Waals surface area contributed by atoms with Crippen molar-refractivity contribution in [1.29, 1.82) is 0 Å². The lowest BCUT2D eigenvalue weighted by Crippen LogP contribution is -2.43. The van der Waals surface area contributed by atoms with Crippen LogP contribution in [0.3, 0.4) is 0 Å². The van der Waals surface area contributed by atoms with Gasteiger partial charge in [-0.1, -0.05) is 12.1 Å². The van der Waals surface area contributed by atoms with Crippen LogP contribution in [0.5, 0.6) is 5.75 Å². The molecule has 3 rings (SSSR count). The molecule has 2 aliphatic heterocycles. The van der Waals surface area contributed by atoms with Crippen molar-refractivity contribution in [2.45, 2.75) is 45.6 Å². The molecule has 5 nitrogen and oxygen atoms in total. The number of carbonyl (C=O) groups excluding carboxylic acids is 1. The third kappa shape index (κ3) is 6.48.